The largest absolute Gasteiger partial charge is 0.382 e. The predicted octanol–water partition coefficient (Wildman–Crippen LogP) is 2.45. The second kappa shape index (κ2) is 11.7. The zero-order valence-corrected chi connectivity index (χ0v) is 16.3. The van der Waals surface area contributed by atoms with E-state index in [0.717, 1.165) is 18.5 Å². The molecule has 0 spiro atoms. The maximum absolute atomic E-state index is 11.8. The van der Waals surface area contributed by atoms with Gasteiger partial charge in [-0.3, -0.25) is 4.79 Å². The molecular weight excluding hydrogens is 340 g/mol. The summed E-state index contributed by atoms with van der Waals surface area (Å²) in [4.78, 5) is 17.7. The van der Waals surface area contributed by atoms with Crippen molar-refractivity contribution < 1.29 is 9.53 Å². The molecule has 0 bridgehead atoms. The van der Waals surface area contributed by atoms with Crippen LogP contribution in [0, 0.1) is 0 Å². The van der Waals surface area contributed by atoms with E-state index in [1.165, 1.54) is 4.90 Å². The van der Waals surface area contributed by atoms with Gasteiger partial charge in [-0.15, -0.1) is 0 Å². The molecule has 0 aliphatic carbocycles. The van der Waals surface area contributed by atoms with Crippen LogP contribution in [-0.2, 0) is 9.53 Å². The van der Waals surface area contributed by atoms with Crippen LogP contribution in [0.25, 0.3) is 0 Å². The number of aliphatic imine (C=N–C) groups is 1. The molecule has 140 valence electrons. The molecule has 0 aliphatic rings. The summed E-state index contributed by atoms with van der Waals surface area (Å²) in [7, 11) is 3.44. The first-order valence-electron chi connectivity index (χ1n) is 8.52. The van der Waals surface area contributed by atoms with Gasteiger partial charge < -0.3 is 20.3 Å². The Bertz CT molecular complexity index is 547. The lowest BCUT2D eigenvalue weighted by Crippen LogP contribution is -2.40. The molecular formula is C18H29ClN4O2. The number of likely N-dealkylation sites (N-methyl/N-ethyl adjacent to an activating group) is 1. The molecule has 1 amide bonds. The van der Waals surface area contributed by atoms with Crippen molar-refractivity contribution in [2.24, 2.45) is 4.99 Å². The zero-order chi connectivity index (χ0) is 18.7. The van der Waals surface area contributed by atoms with Crippen molar-refractivity contribution in [2.75, 3.05) is 40.4 Å². The Morgan fingerprint density at radius 3 is 2.60 bits per heavy atom. The lowest BCUT2D eigenvalue weighted by atomic mass is 10.1. The van der Waals surface area contributed by atoms with Crippen molar-refractivity contribution in [3.8, 4) is 0 Å². The Hall–Kier alpha value is -1.79. The fourth-order valence-corrected chi connectivity index (χ4v) is 2.13. The van der Waals surface area contributed by atoms with Gasteiger partial charge in [-0.1, -0.05) is 23.7 Å². The van der Waals surface area contributed by atoms with Crippen molar-refractivity contribution in [3.05, 3.63) is 34.9 Å². The number of nitrogens with zero attached hydrogens (tertiary/aromatic N) is 2. The number of guanidine groups is 1. The zero-order valence-electron chi connectivity index (χ0n) is 15.5. The Morgan fingerprint density at radius 2 is 2.00 bits per heavy atom. The van der Waals surface area contributed by atoms with Crippen molar-refractivity contribution in [1.82, 2.24) is 15.5 Å². The van der Waals surface area contributed by atoms with E-state index in [2.05, 4.69) is 15.6 Å². The van der Waals surface area contributed by atoms with Crippen LogP contribution in [-0.4, -0.2) is 57.2 Å². The van der Waals surface area contributed by atoms with Gasteiger partial charge in [-0.25, -0.2) is 4.99 Å². The second-order valence-electron chi connectivity index (χ2n) is 5.85. The topological polar surface area (TPSA) is 66.0 Å². The van der Waals surface area contributed by atoms with Crippen LogP contribution in [0.2, 0.25) is 5.02 Å². The molecule has 0 heterocycles. The summed E-state index contributed by atoms with van der Waals surface area (Å²) in [5, 5.41) is 7.27. The first-order chi connectivity index (χ1) is 11.9. The van der Waals surface area contributed by atoms with Gasteiger partial charge in [0.25, 0.3) is 0 Å². The van der Waals surface area contributed by atoms with E-state index >= 15 is 0 Å². The van der Waals surface area contributed by atoms with Crippen LogP contribution >= 0.6 is 11.6 Å². The molecule has 0 saturated heterocycles. The summed E-state index contributed by atoms with van der Waals surface area (Å²) in [6, 6.07) is 7.69. The highest BCUT2D eigenvalue weighted by atomic mass is 35.5. The SMILES string of the molecule is CCOCCCNC(=NCC(=O)N(C)C)NC(C)c1ccc(Cl)cc1. The van der Waals surface area contributed by atoms with Gasteiger partial charge in [0.15, 0.2) is 5.96 Å². The van der Waals surface area contributed by atoms with Crippen molar-refractivity contribution in [1.29, 1.82) is 0 Å². The minimum atomic E-state index is -0.0467. The number of hydrogen-bond acceptors (Lipinski definition) is 3. The van der Waals surface area contributed by atoms with E-state index in [1.807, 2.05) is 38.1 Å². The van der Waals surface area contributed by atoms with Gasteiger partial charge in [0, 0.05) is 38.9 Å². The van der Waals surface area contributed by atoms with E-state index in [0.29, 0.717) is 24.2 Å². The minimum absolute atomic E-state index is 0.0323. The average molecular weight is 369 g/mol. The number of hydrogen-bond donors (Lipinski definition) is 2. The van der Waals surface area contributed by atoms with Crippen LogP contribution in [0.5, 0.6) is 0 Å². The number of nitrogens with one attached hydrogen (secondary N) is 2. The molecule has 1 aromatic carbocycles. The number of carbonyl (C=O) groups excluding carboxylic acids is 1. The lowest BCUT2D eigenvalue weighted by molar-refractivity contribution is -0.127. The third-order valence-corrected chi connectivity index (χ3v) is 3.81. The molecule has 1 aromatic rings. The monoisotopic (exact) mass is 368 g/mol. The fourth-order valence-electron chi connectivity index (χ4n) is 2.01. The summed E-state index contributed by atoms with van der Waals surface area (Å²) in [6.45, 7) is 6.23. The number of amides is 1. The highest BCUT2D eigenvalue weighted by Gasteiger charge is 2.09. The van der Waals surface area contributed by atoms with Crippen LogP contribution in [0.1, 0.15) is 31.9 Å². The molecule has 0 radical (unpaired) electrons. The number of halogens is 1. The minimum Gasteiger partial charge on any atom is -0.382 e. The Morgan fingerprint density at radius 1 is 1.32 bits per heavy atom. The first-order valence-corrected chi connectivity index (χ1v) is 8.90. The maximum Gasteiger partial charge on any atom is 0.243 e. The van der Waals surface area contributed by atoms with Crippen molar-refractivity contribution in [2.45, 2.75) is 26.3 Å². The quantitative estimate of drug-likeness (QED) is 0.399. The number of ether oxygens (including phenoxy) is 1. The summed E-state index contributed by atoms with van der Waals surface area (Å²) in [5.41, 5.74) is 1.09. The van der Waals surface area contributed by atoms with Gasteiger partial charge in [-0.2, -0.15) is 0 Å². The van der Waals surface area contributed by atoms with E-state index in [9.17, 15) is 4.79 Å². The third-order valence-electron chi connectivity index (χ3n) is 3.56. The van der Waals surface area contributed by atoms with Crippen LogP contribution in [0.15, 0.2) is 29.3 Å². The molecule has 2 N–H and O–H groups in total. The number of carbonyl (C=O) groups is 1. The molecule has 1 rings (SSSR count). The Balaban J connectivity index is 2.66. The van der Waals surface area contributed by atoms with E-state index in [-0.39, 0.29) is 18.5 Å². The fraction of sp³-hybridized carbons (Fsp3) is 0.556. The number of rotatable bonds is 9. The molecule has 6 nitrogen and oxygen atoms in total. The van der Waals surface area contributed by atoms with Crippen LogP contribution in [0.4, 0.5) is 0 Å². The van der Waals surface area contributed by atoms with Gasteiger partial charge >= 0.3 is 0 Å². The van der Waals surface area contributed by atoms with Gasteiger partial charge in [0.1, 0.15) is 6.54 Å². The smallest absolute Gasteiger partial charge is 0.243 e. The van der Waals surface area contributed by atoms with Crippen LogP contribution < -0.4 is 10.6 Å². The standard InChI is InChI=1S/C18H29ClN4O2/c1-5-25-12-6-11-20-18(21-13-17(24)23(3)4)22-14(2)15-7-9-16(19)10-8-15/h7-10,14H,5-6,11-13H2,1-4H3,(H2,20,21,22). The summed E-state index contributed by atoms with van der Waals surface area (Å²) >= 11 is 5.94. The lowest BCUT2D eigenvalue weighted by Gasteiger charge is -2.19. The number of benzene rings is 1. The molecule has 0 fully saturated rings. The normalized spacial score (nSPS) is 12.6. The average Bonchev–Trinajstić information content (AvgIpc) is 2.59. The predicted molar refractivity (Wildman–Crippen MR) is 103 cm³/mol. The van der Waals surface area contributed by atoms with Gasteiger partial charge in [0.2, 0.25) is 5.91 Å². The van der Waals surface area contributed by atoms with Crippen molar-refractivity contribution in [3.63, 3.8) is 0 Å². The molecule has 7 heteroatoms. The van der Waals surface area contributed by atoms with Crippen molar-refractivity contribution >= 4 is 23.5 Å². The highest BCUT2D eigenvalue weighted by molar-refractivity contribution is 6.30. The van der Waals surface area contributed by atoms with Gasteiger partial charge in [0.05, 0.1) is 6.04 Å². The highest BCUT2D eigenvalue weighted by Crippen LogP contribution is 2.15. The summed E-state index contributed by atoms with van der Waals surface area (Å²) in [6.07, 6.45) is 0.867. The molecule has 0 aliphatic heterocycles. The molecule has 25 heavy (non-hydrogen) atoms. The van der Waals surface area contributed by atoms with Gasteiger partial charge in [-0.05, 0) is 38.0 Å². The molecule has 1 atom stereocenters. The summed E-state index contributed by atoms with van der Waals surface area (Å²) < 4.78 is 5.33. The third kappa shape index (κ3) is 8.74. The first kappa shape index (κ1) is 21.3. The Labute approximate surface area is 155 Å². The van der Waals surface area contributed by atoms with E-state index in [4.69, 9.17) is 16.3 Å². The molecule has 0 aromatic heterocycles. The molecule has 0 saturated carbocycles. The van der Waals surface area contributed by atoms with Crippen LogP contribution in [0.3, 0.4) is 0 Å². The molecule has 1 unspecified atom stereocenters. The Kier molecular flexibility index (Phi) is 9.96. The second-order valence-corrected chi connectivity index (χ2v) is 6.28. The van der Waals surface area contributed by atoms with E-state index in [1.54, 1.807) is 14.1 Å². The van der Waals surface area contributed by atoms with E-state index < -0.39 is 0 Å². The summed E-state index contributed by atoms with van der Waals surface area (Å²) in [5.74, 6) is 0.559. The maximum atomic E-state index is 11.8.